The first kappa shape index (κ1) is 37.1. The number of methoxy groups -OCH3 is 1. The van der Waals surface area contributed by atoms with E-state index in [4.69, 9.17) is 19.7 Å². The van der Waals surface area contributed by atoms with E-state index in [1.54, 1.807) is 43.6 Å². The molecule has 0 saturated carbocycles. The summed E-state index contributed by atoms with van der Waals surface area (Å²) in [4.78, 5) is 37.7. The Hall–Kier alpha value is -5.12. The van der Waals surface area contributed by atoms with Crippen molar-refractivity contribution >= 4 is 17.7 Å². The molecule has 0 radical (unpaired) electrons. The summed E-state index contributed by atoms with van der Waals surface area (Å²) in [5.74, 6) is -1.61. The van der Waals surface area contributed by atoms with E-state index in [0.717, 1.165) is 44.5 Å². The standard InChI is InChI=1S/C30H32FN3O3.C4H4O4.H2O/c1-22(35)23-7-12-27(28(20-23)36-2)37-19-5-16-34-17-13-25(14-18-34)30(21-32,29-6-3-4-15-33-29)24-8-10-26(31)11-9-24;5-3(6)1-2-4(7)8;/h3-4,6-12,15,20,25H,5,13-14,16-19H2,1-2H3;1-2H,(H,5,6)(H,7,8);1H2/b;2-1+;. The van der Waals surface area contributed by atoms with Gasteiger partial charge in [-0.05, 0) is 93.2 Å². The molecular weight excluding hydrogens is 597 g/mol. The number of pyridine rings is 1. The van der Waals surface area contributed by atoms with Gasteiger partial charge in [0, 0.05) is 30.5 Å². The van der Waals surface area contributed by atoms with Crippen LogP contribution in [-0.4, -0.2) is 76.6 Å². The van der Waals surface area contributed by atoms with E-state index in [9.17, 15) is 24.0 Å². The summed E-state index contributed by atoms with van der Waals surface area (Å²) in [6, 6.07) is 19.7. The van der Waals surface area contributed by atoms with Gasteiger partial charge >= 0.3 is 11.9 Å². The average Bonchev–Trinajstić information content (AvgIpc) is 3.05. The van der Waals surface area contributed by atoms with Crippen LogP contribution in [0.25, 0.3) is 0 Å². The molecule has 1 aromatic heterocycles. The van der Waals surface area contributed by atoms with Crippen LogP contribution in [0.15, 0.2) is 79.0 Å². The number of hydrogen-bond acceptors (Lipinski definition) is 8. The molecule has 0 spiro atoms. The predicted octanol–water partition coefficient (Wildman–Crippen LogP) is 4.31. The zero-order valence-electron chi connectivity index (χ0n) is 25.7. The number of carbonyl (C=O) groups is 3. The smallest absolute Gasteiger partial charge is 0.328 e. The molecule has 0 aliphatic carbocycles. The summed E-state index contributed by atoms with van der Waals surface area (Å²) in [7, 11) is 1.56. The van der Waals surface area contributed by atoms with Crippen LogP contribution in [0.2, 0.25) is 0 Å². The number of piperidine rings is 1. The molecule has 12 heteroatoms. The third kappa shape index (κ3) is 9.95. The fourth-order valence-corrected chi connectivity index (χ4v) is 5.32. The third-order valence-corrected chi connectivity index (χ3v) is 7.56. The monoisotopic (exact) mass is 635 g/mol. The van der Waals surface area contributed by atoms with Crippen LogP contribution < -0.4 is 9.47 Å². The number of nitriles is 1. The van der Waals surface area contributed by atoms with E-state index >= 15 is 0 Å². The van der Waals surface area contributed by atoms with Crippen molar-refractivity contribution in [1.29, 1.82) is 5.26 Å². The largest absolute Gasteiger partial charge is 0.493 e. The fourth-order valence-electron chi connectivity index (χ4n) is 5.32. The first-order chi connectivity index (χ1) is 21.6. The van der Waals surface area contributed by atoms with Crippen LogP contribution >= 0.6 is 0 Å². The maximum absolute atomic E-state index is 13.7. The summed E-state index contributed by atoms with van der Waals surface area (Å²) in [5, 5.41) is 26.1. The maximum atomic E-state index is 13.7. The van der Waals surface area contributed by atoms with Gasteiger partial charge in [-0.1, -0.05) is 18.2 Å². The van der Waals surface area contributed by atoms with E-state index in [0.29, 0.717) is 41.5 Å². The highest BCUT2D eigenvalue weighted by Gasteiger charge is 2.45. The number of carboxylic acid groups (broad SMARTS) is 2. The highest BCUT2D eigenvalue weighted by Crippen LogP contribution is 2.43. The van der Waals surface area contributed by atoms with Crippen LogP contribution in [-0.2, 0) is 15.0 Å². The maximum Gasteiger partial charge on any atom is 0.328 e. The van der Waals surface area contributed by atoms with Crippen molar-refractivity contribution in [2.75, 3.05) is 33.4 Å². The summed E-state index contributed by atoms with van der Waals surface area (Å²) in [6.07, 6.45) is 5.34. The molecule has 3 aromatic rings. The molecular formula is C34H38FN3O8. The van der Waals surface area contributed by atoms with Gasteiger partial charge in [0.25, 0.3) is 0 Å². The topological polar surface area (TPSA) is 182 Å². The number of likely N-dealkylation sites (tertiary alicyclic amines) is 1. The van der Waals surface area contributed by atoms with Gasteiger partial charge in [-0.2, -0.15) is 5.26 Å². The number of ether oxygens (including phenoxy) is 2. The number of ketones is 1. The van der Waals surface area contributed by atoms with E-state index in [1.807, 2.05) is 18.2 Å². The summed E-state index contributed by atoms with van der Waals surface area (Å²) in [5.41, 5.74) is 1.16. The molecule has 1 aliphatic heterocycles. The van der Waals surface area contributed by atoms with E-state index in [-0.39, 0.29) is 23.0 Å². The number of carbonyl (C=O) groups excluding carboxylic acids is 1. The molecule has 46 heavy (non-hydrogen) atoms. The average molecular weight is 636 g/mol. The van der Waals surface area contributed by atoms with Crippen molar-refractivity contribution in [3.63, 3.8) is 0 Å². The predicted molar refractivity (Wildman–Crippen MR) is 167 cm³/mol. The van der Waals surface area contributed by atoms with Crippen LogP contribution in [0.1, 0.15) is 47.8 Å². The van der Waals surface area contributed by atoms with Gasteiger partial charge in [0.15, 0.2) is 17.3 Å². The lowest BCUT2D eigenvalue weighted by Crippen LogP contribution is -2.44. The van der Waals surface area contributed by atoms with Crippen molar-refractivity contribution in [2.24, 2.45) is 5.92 Å². The highest BCUT2D eigenvalue weighted by molar-refractivity contribution is 5.94. The highest BCUT2D eigenvalue weighted by atomic mass is 19.1. The lowest BCUT2D eigenvalue weighted by Gasteiger charge is -2.40. The molecule has 4 N–H and O–H groups in total. The lowest BCUT2D eigenvalue weighted by molar-refractivity contribution is -0.134. The number of benzene rings is 2. The number of aromatic nitrogens is 1. The van der Waals surface area contributed by atoms with Gasteiger partial charge in [-0.15, -0.1) is 0 Å². The molecule has 0 bridgehead atoms. The number of carboxylic acids is 2. The molecule has 0 amide bonds. The van der Waals surface area contributed by atoms with Crippen molar-refractivity contribution < 1.29 is 43.9 Å². The molecule has 1 atom stereocenters. The van der Waals surface area contributed by atoms with Gasteiger partial charge in [0.05, 0.1) is 25.5 Å². The number of aliphatic carboxylic acids is 2. The molecule has 2 aromatic carbocycles. The van der Waals surface area contributed by atoms with Crippen LogP contribution in [0.4, 0.5) is 4.39 Å². The summed E-state index contributed by atoms with van der Waals surface area (Å²) < 4.78 is 25.0. The fraction of sp³-hybridized carbons (Fsp3) is 0.324. The second-order valence-electron chi connectivity index (χ2n) is 10.4. The quantitative estimate of drug-likeness (QED) is 0.165. The van der Waals surface area contributed by atoms with Crippen molar-refractivity contribution in [2.45, 2.75) is 31.6 Å². The molecule has 4 rings (SSSR count). The Bertz CT molecular complexity index is 1500. The Morgan fingerprint density at radius 2 is 1.70 bits per heavy atom. The van der Waals surface area contributed by atoms with E-state index < -0.39 is 17.4 Å². The second kappa shape index (κ2) is 18.0. The molecule has 1 aliphatic rings. The first-order valence-corrected chi connectivity index (χ1v) is 14.4. The third-order valence-electron chi connectivity index (χ3n) is 7.56. The van der Waals surface area contributed by atoms with E-state index in [1.165, 1.54) is 19.1 Å². The van der Waals surface area contributed by atoms with Crippen molar-refractivity contribution in [3.05, 3.63) is 102 Å². The zero-order valence-corrected chi connectivity index (χ0v) is 25.7. The van der Waals surface area contributed by atoms with Gasteiger partial charge in [-0.3, -0.25) is 9.78 Å². The minimum absolute atomic E-state index is 0. The van der Waals surface area contributed by atoms with Crippen LogP contribution in [0, 0.1) is 23.1 Å². The van der Waals surface area contributed by atoms with Gasteiger partial charge in [0.2, 0.25) is 0 Å². The lowest BCUT2D eigenvalue weighted by atomic mass is 9.65. The number of hydrogen-bond donors (Lipinski definition) is 2. The van der Waals surface area contributed by atoms with Crippen molar-refractivity contribution in [1.82, 2.24) is 9.88 Å². The molecule has 1 fully saturated rings. The molecule has 2 heterocycles. The Kier molecular flexibility index (Phi) is 14.5. The Morgan fingerprint density at radius 3 is 2.22 bits per heavy atom. The molecule has 11 nitrogen and oxygen atoms in total. The van der Waals surface area contributed by atoms with Crippen molar-refractivity contribution in [3.8, 4) is 17.6 Å². The summed E-state index contributed by atoms with van der Waals surface area (Å²) >= 11 is 0. The Balaban J connectivity index is 0.000000725. The first-order valence-electron chi connectivity index (χ1n) is 14.4. The number of halogens is 1. The van der Waals surface area contributed by atoms with Gasteiger partial charge in [-0.25, -0.2) is 14.0 Å². The number of nitrogens with zero attached hydrogens (tertiary/aromatic N) is 3. The zero-order chi connectivity index (χ0) is 32.8. The van der Waals surface area contributed by atoms with Gasteiger partial charge in [0.1, 0.15) is 11.2 Å². The summed E-state index contributed by atoms with van der Waals surface area (Å²) in [6.45, 7) is 4.65. The molecule has 1 unspecified atom stereocenters. The minimum Gasteiger partial charge on any atom is -0.493 e. The molecule has 244 valence electrons. The van der Waals surface area contributed by atoms with Crippen LogP contribution in [0.3, 0.4) is 0 Å². The number of Topliss-reactive ketones (excluding diaryl/α,β-unsaturated/α-hetero) is 1. The molecule has 1 saturated heterocycles. The number of rotatable bonds is 12. The van der Waals surface area contributed by atoms with E-state index in [2.05, 4.69) is 16.0 Å². The SMILES string of the molecule is COc1cc(C(C)=O)ccc1OCCCN1CCC(C(C#N)(c2ccc(F)cc2)c2ccccn2)CC1.O.O=C(O)/C=C/C(=O)O. The van der Waals surface area contributed by atoms with Crippen LogP contribution in [0.5, 0.6) is 11.5 Å². The Labute approximate surface area is 266 Å². The normalized spacial score (nSPS) is 14.5. The Morgan fingerprint density at radius 1 is 1.04 bits per heavy atom. The van der Waals surface area contributed by atoms with Gasteiger partial charge < -0.3 is 30.1 Å². The second-order valence-corrected chi connectivity index (χ2v) is 10.4. The minimum atomic E-state index is -1.26.